The van der Waals surface area contributed by atoms with E-state index in [1.807, 2.05) is 24.3 Å². The molecule has 0 heterocycles. The van der Waals surface area contributed by atoms with Crippen molar-refractivity contribution in [3.8, 4) is 5.75 Å². The van der Waals surface area contributed by atoms with Gasteiger partial charge in [-0.2, -0.15) is 0 Å². The SMILES string of the molecule is COc1ccc(N=C(N)C2CCCCC2)cc1. The Morgan fingerprint density at radius 2 is 1.82 bits per heavy atom. The van der Waals surface area contributed by atoms with Gasteiger partial charge in [-0.15, -0.1) is 0 Å². The summed E-state index contributed by atoms with van der Waals surface area (Å²) in [5, 5.41) is 0. The Kier molecular flexibility index (Phi) is 4.02. The first-order chi connectivity index (χ1) is 8.29. The maximum absolute atomic E-state index is 6.07. The lowest BCUT2D eigenvalue weighted by Gasteiger charge is -2.20. The molecule has 17 heavy (non-hydrogen) atoms. The fourth-order valence-electron chi connectivity index (χ4n) is 2.30. The molecule has 1 aromatic rings. The minimum Gasteiger partial charge on any atom is -0.497 e. The van der Waals surface area contributed by atoms with Crippen molar-refractivity contribution < 1.29 is 4.74 Å². The summed E-state index contributed by atoms with van der Waals surface area (Å²) in [5.41, 5.74) is 6.98. The Bertz CT molecular complexity index is 378. The van der Waals surface area contributed by atoms with E-state index in [4.69, 9.17) is 10.5 Å². The van der Waals surface area contributed by atoms with E-state index in [-0.39, 0.29) is 0 Å². The van der Waals surface area contributed by atoms with Crippen LogP contribution in [0.3, 0.4) is 0 Å². The standard InChI is InChI=1S/C14H20N2O/c1-17-13-9-7-12(8-10-13)16-14(15)11-5-3-2-4-6-11/h7-11H,2-6H2,1H3,(H2,15,16). The van der Waals surface area contributed by atoms with E-state index in [0.29, 0.717) is 5.92 Å². The van der Waals surface area contributed by atoms with E-state index in [2.05, 4.69) is 4.99 Å². The highest BCUT2D eigenvalue weighted by Gasteiger charge is 2.16. The fraction of sp³-hybridized carbons (Fsp3) is 0.500. The number of nitrogens with zero attached hydrogens (tertiary/aromatic N) is 1. The number of rotatable bonds is 3. The molecule has 1 fully saturated rings. The molecule has 1 saturated carbocycles. The van der Waals surface area contributed by atoms with Crippen molar-refractivity contribution in [3.05, 3.63) is 24.3 Å². The van der Waals surface area contributed by atoms with Crippen LogP contribution in [0.25, 0.3) is 0 Å². The maximum atomic E-state index is 6.07. The van der Waals surface area contributed by atoms with Crippen molar-refractivity contribution in [2.75, 3.05) is 7.11 Å². The number of ether oxygens (including phenoxy) is 1. The lowest BCUT2D eigenvalue weighted by atomic mass is 9.88. The van der Waals surface area contributed by atoms with Crippen molar-refractivity contribution in [1.82, 2.24) is 0 Å². The summed E-state index contributed by atoms with van der Waals surface area (Å²) in [7, 11) is 1.66. The molecule has 0 spiro atoms. The quantitative estimate of drug-likeness (QED) is 0.642. The summed E-state index contributed by atoms with van der Waals surface area (Å²) in [6.07, 6.45) is 6.27. The van der Waals surface area contributed by atoms with E-state index in [1.54, 1.807) is 7.11 Å². The van der Waals surface area contributed by atoms with Gasteiger partial charge < -0.3 is 10.5 Å². The van der Waals surface area contributed by atoms with Crippen LogP contribution < -0.4 is 10.5 Å². The van der Waals surface area contributed by atoms with Crippen LogP contribution in [-0.4, -0.2) is 12.9 Å². The average Bonchev–Trinajstić information content (AvgIpc) is 2.40. The van der Waals surface area contributed by atoms with Gasteiger partial charge in [0, 0.05) is 5.92 Å². The van der Waals surface area contributed by atoms with Crippen LogP contribution >= 0.6 is 0 Å². The highest BCUT2D eigenvalue weighted by atomic mass is 16.5. The van der Waals surface area contributed by atoms with Crippen molar-refractivity contribution >= 4 is 11.5 Å². The molecule has 1 aliphatic rings. The van der Waals surface area contributed by atoms with E-state index in [0.717, 1.165) is 17.3 Å². The van der Waals surface area contributed by atoms with Crippen LogP contribution in [0.2, 0.25) is 0 Å². The summed E-state index contributed by atoms with van der Waals surface area (Å²) in [6, 6.07) is 7.70. The topological polar surface area (TPSA) is 47.6 Å². The van der Waals surface area contributed by atoms with Gasteiger partial charge in [0.15, 0.2) is 0 Å². The van der Waals surface area contributed by atoms with Crippen molar-refractivity contribution in [3.63, 3.8) is 0 Å². The fourth-order valence-corrected chi connectivity index (χ4v) is 2.30. The third kappa shape index (κ3) is 3.22. The second kappa shape index (κ2) is 5.71. The molecular weight excluding hydrogens is 212 g/mol. The molecule has 0 saturated heterocycles. The van der Waals surface area contributed by atoms with Crippen LogP contribution in [-0.2, 0) is 0 Å². The molecule has 0 aliphatic heterocycles. The van der Waals surface area contributed by atoms with Crippen molar-refractivity contribution in [2.24, 2.45) is 16.6 Å². The van der Waals surface area contributed by atoms with Gasteiger partial charge in [0.25, 0.3) is 0 Å². The van der Waals surface area contributed by atoms with Crippen LogP contribution in [0.5, 0.6) is 5.75 Å². The number of hydrogen-bond donors (Lipinski definition) is 1. The van der Waals surface area contributed by atoms with Gasteiger partial charge in [0.05, 0.1) is 12.8 Å². The number of aliphatic imine (C=N–C) groups is 1. The Balaban J connectivity index is 2.05. The van der Waals surface area contributed by atoms with Gasteiger partial charge in [-0.1, -0.05) is 19.3 Å². The largest absolute Gasteiger partial charge is 0.497 e. The third-order valence-electron chi connectivity index (χ3n) is 3.35. The van der Waals surface area contributed by atoms with Gasteiger partial charge in [-0.3, -0.25) is 0 Å². The molecule has 3 heteroatoms. The number of hydrogen-bond acceptors (Lipinski definition) is 2. The summed E-state index contributed by atoms with van der Waals surface area (Å²) < 4.78 is 5.11. The van der Waals surface area contributed by atoms with Crippen molar-refractivity contribution in [1.29, 1.82) is 0 Å². The Morgan fingerprint density at radius 1 is 1.18 bits per heavy atom. The highest BCUT2D eigenvalue weighted by molar-refractivity contribution is 5.85. The molecule has 1 aromatic carbocycles. The second-order valence-corrected chi connectivity index (χ2v) is 4.57. The number of benzene rings is 1. The predicted molar refractivity (Wildman–Crippen MR) is 70.9 cm³/mol. The number of amidine groups is 1. The van der Waals surface area contributed by atoms with Crippen LogP contribution in [0.4, 0.5) is 5.69 Å². The molecule has 2 N–H and O–H groups in total. The Labute approximate surface area is 103 Å². The summed E-state index contributed by atoms with van der Waals surface area (Å²) in [4.78, 5) is 4.50. The number of methoxy groups -OCH3 is 1. The summed E-state index contributed by atoms with van der Waals surface area (Å²) >= 11 is 0. The van der Waals surface area contributed by atoms with E-state index >= 15 is 0 Å². The first-order valence-electron chi connectivity index (χ1n) is 6.27. The molecule has 3 nitrogen and oxygen atoms in total. The third-order valence-corrected chi connectivity index (χ3v) is 3.35. The van der Waals surface area contributed by atoms with Crippen molar-refractivity contribution in [2.45, 2.75) is 32.1 Å². The van der Waals surface area contributed by atoms with Gasteiger partial charge in [0.2, 0.25) is 0 Å². The molecule has 0 unspecified atom stereocenters. The first-order valence-corrected chi connectivity index (χ1v) is 6.27. The Morgan fingerprint density at radius 3 is 2.41 bits per heavy atom. The highest BCUT2D eigenvalue weighted by Crippen LogP contribution is 2.25. The second-order valence-electron chi connectivity index (χ2n) is 4.57. The van der Waals surface area contributed by atoms with Gasteiger partial charge >= 0.3 is 0 Å². The molecule has 0 amide bonds. The van der Waals surface area contributed by atoms with E-state index in [1.165, 1.54) is 32.1 Å². The van der Waals surface area contributed by atoms with E-state index in [9.17, 15) is 0 Å². The molecule has 0 atom stereocenters. The van der Waals surface area contributed by atoms with E-state index < -0.39 is 0 Å². The van der Waals surface area contributed by atoms with Gasteiger partial charge in [0.1, 0.15) is 11.6 Å². The minimum atomic E-state index is 0.478. The average molecular weight is 232 g/mol. The Hall–Kier alpha value is -1.51. The maximum Gasteiger partial charge on any atom is 0.119 e. The lowest BCUT2D eigenvalue weighted by molar-refractivity contribution is 0.415. The lowest BCUT2D eigenvalue weighted by Crippen LogP contribution is -2.25. The minimum absolute atomic E-state index is 0.478. The monoisotopic (exact) mass is 232 g/mol. The normalized spacial score (nSPS) is 18.1. The zero-order valence-corrected chi connectivity index (χ0v) is 10.4. The van der Waals surface area contributed by atoms with Gasteiger partial charge in [-0.05, 0) is 37.1 Å². The predicted octanol–water partition coefficient (Wildman–Crippen LogP) is 3.26. The number of nitrogens with two attached hydrogens (primary N) is 1. The molecule has 0 aromatic heterocycles. The van der Waals surface area contributed by atoms with Gasteiger partial charge in [-0.25, -0.2) is 4.99 Å². The molecule has 92 valence electrons. The molecule has 0 bridgehead atoms. The van der Waals surface area contributed by atoms with Crippen LogP contribution in [0, 0.1) is 5.92 Å². The smallest absolute Gasteiger partial charge is 0.119 e. The first kappa shape index (κ1) is 12.0. The summed E-state index contributed by atoms with van der Waals surface area (Å²) in [6.45, 7) is 0. The summed E-state index contributed by atoms with van der Waals surface area (Å²) in [5.74, 6) is 2.11. The molecule has 2 rings (SSSR count). The molecular formula is C14H20N2O. The zero-order chi connectivity index (χ0) is 12.1. The zero-order valence-electron chi connectivity index (χ0n) is 10.4. The molecule has 0 radical (unpaired) electrons. The van der Waals surface area contributed by atoms with Crippen LogP contribution in [0.15, 0.2) is 29.3 Å². The molecule has 1 aliphatic carbocycles. The van der Waals surface area contributed by atoms with Crippen LogP contribution in [0.1, 0.15) is 32.1 Å².